The molecule has 1 aliphatic rings. The fourth-order valence-electron chi connectivity index (χ4n) is 1.40. The minimum Gasteiger partial charge on any atom is -0.313 e. The number of hydrogen-bond donors (Lipinski definition) is 0. The van der Waals surface area contributed by atoms with Crippen molar-refractivity contribution < 1.29 is 14.4 Å². The van der Waals surface area contributed by atoms with Gasteiger partial charge in [-0.2, -0.15) is 0 Å². The fraction of sp³-hybridized carbons (Fsp3) is 0.500. The summed E-state index contributed by atoms with van der Waals surface area (Å²) in [4.78, 5) is 33.8. The number of imide groups is 1. The number of rotatable bonds is 6. The van der Waals surface area contributed by atoms with Crippen LogP contribution in [0.1, 0.15) is 25.7 Å². The van der Waals surface area contributed by atoms with Gasteiger partial charge in [0, 0.05) is 18.7 Å². The number of hydrogen-bond acceptors (Lipinski definition) is 3. The van der Waals surface area contributed by atoms with E-state index in [-0.39, 0.29) is 17.5 Å². The summed E-state index contributed by atoms with van der Waals surface area (Å²) < 4.78 is 0. The van der Waals surface area contributed by atoms with Gasteiger partial charge in [-0.15, -0.1) is 0 Å². The fourth-order valence-corrected chi connectivity index (χ4v) is 1.40. The van der Waals surface area contributed by atoms with Crippen LogP contribution in [0.25, 0.3) is 0 Å². The number of amides is 2. The molecule has 0 saturated heterocycles. The largest absolute Gasteiger partial charge is 0.313 e. The van der Waals surface area contributed by atoms with Crippen molar-refractivity contribution in [3.8, 4) is 0 Å². The van der Waals surface area contributed by atoms with Crippen LogP contribution in [-0.2, 0) is 14.4 Å². The zero-order valence-corrected chi connectivity index (χ0v) is 8.44. The maximum Gasteiger partial charge on any atom is 0.253 e. The van der Waals surface area contributed by atoms with Gasteiger partial charge in [-0.3, -0.25) is 14.5 Å². The van der Waals surface area contributed by atoms with Crippen LogP contribution in [0.15, 0.2) is 12.2 Å². The van der Waals surface area contributed by atoms with E-state index in [1.165, 1.54) is 17.1 Å². The first kappa shape index (κ1) is 11.7. The van der Waals surface area contributed by atoms with Gasteiger partial charge in [0.25, 0.3) is 11.8 Å². The molecule has 1 heterocycles. The summed E-state index contributed by atoms with van der Waals surface area (Å²) in [6, 6.07) is 0. The second-order valence-corrected chi connectivity index (χ2v) is 3.44. The highest BCUT2D eigenvalue weighted by atomic mass is 16.2. The molecule has 0 aromatic rings. The Balaban J connectivity index is 2.13. The van der Waals surface area contributed by atoms with E-state index in [1.54, 1.807) is 0 Å². The summed E-state index contributed by atoms with van der Waals surface area (Å²) in [7, 11) is 4.97. The Hall–Kier alpha value is -1.39. The van der Waals surface area contributed by atoms with Crippen molar-refractivity contribution in [3.63, 3.8) is 0 Å². The predicted octanol–water partition coefficient (Wildman–Crippen LogP) is 0.167. The summed E-state index contributed by atoms with van der Waals surface area (Å²) in [5.74, 6) is -0.509. The summed E-state index contributed by atoms with van der Waals surface area (Å²) in [5, 5.41) is 0. The molecule has 0 aliphatic carbocycles. The van der Waals surface area contributed by atoms with Gasteiger partial charge in [0.2, 0.25) is 0 Å². The highest BCUT2D eigenvalue weighted by Crippen LogP contribution is 2.07. The molecule has 0 aromatic carbocycles. The van der Waals surface area contributed by atoms with Crippen molar-refractivity contribution in [2.24, 2.45) is 0 Å². The predicted molar refractivity (Wildman–Crippen MR) is 55.1 cm³/mol. The zero-order valence-electron chi connectivity index (χ0n) is 8.44. The average Bonchev–Trinajstić information content (AvgIpc) is 2.47. The summed E-state index contributed by atoms with van der Waals surface area (Å²) in [6.45, 7) is 0.420. The van der Waals surface area contributed by atoms with Gasteiger partial charge < -0.3 is 4.79 Å². The lowest BCUT2D eigenvalue weighted by Gasteiger charge is -2.12. The van der Waals surface area contributed by atoms with Crippen LogP contribution in [0, 0.1) is 0 Å². The zero-order chi connectivity index (χ0) is 11.3. The molecule has 0 atom stereocenters. The molecule has 0 spiro atoms. The average molecular weight is 205 g/mol. The summed E-state index contributed by atoms with van der Waals surface area (Å²) >= 11 is 0. The maximum absolute atomic E-state index is 11.1. The normalized spacial score (nSPS) is 15.1. The minimum absolute atomic E-state index is 0.255. The summed E-state index contributed by atoms with van der Waals surface area (Å²) in [6.07, 6.45) is 5.11. The molecule has 2 amide bonds. The van der Waals surface area contributed by atoms with Crippen LogP contribution in [0.4, 0.5) is 0 Å². The second-order valence-electron chi connectivity index (χ2n) is 3.44. The van der Waals surface area contributed by atoms with Crippen LogP contribution in [-0.4, -0.2) is 36.8 Å². The van der Waals surface area contributed by atoms with Gasteiger partial charge in [0.1, 0.15) is 0 Å². The Morgan fingerprint density at radius 1 is 1.13 bits per heavy atom. The molecule has 0 unspecified atom stereocenters. The summed E-state index contributed by atoms with van der Waals surface area (Å²) in [5.41, 5.74) is -0.315. The molecule has 0 aromatic heterocycles. The van der Waals surface area contributed by atoms with E-state index in [2.05, 4.69) is 0 Å². The first-order valence-electron chi connectivity index (χ1n) is 4.93. The van der Waals surface area contributed by atoms with Gasteiger partial charge in [-0.05, 0) is 19.3 Å². The van der Waals surface area contributed by atoms with Crippen LogP contribution in [0.2, 0.25) is 0 Å². The van der Waals surface area contributed by atoms with Gasteiger partial charge >= 0.3 is 0 Å². The molecule has 1 rings (SSSR count). The lowest BCUT2D eigenvalue weighted by Crippen LogP contribution is -2.30. The van der Waals surface area contributed by atoms with E-state index >= 15 is 0 Å². The third-order valence-corrected chi connectivity index (χ3v) is 2.21. The molecule has 0 saturated carbocycles. The third-order valence-electron chi connectivity index (χ3n) is 2.21. The van der Waals surface area contributed by atoms with Gasteiger partial charge in [-0.25, -0.2) is 0 Å². The van der Waals surface area contributed by atoms with E-state index in [4.69, 9.17) is 7.85 Å². The Kier molecular flexibility index (Phi) is 4.27. The molecule has 15 heavy (non-hydrogen) atoms. The van der Waals surface area contributed by atoms with E-state index in [0.717, 1.165) is 6.42 Å². The van der Waals surface area contributed by atoms with Gasteiger partial charge in [0.15, 0.2) is 7.85 Å². The SMILES string of the molecule is [B]C(=O)CCCCCN1C(=O)C=CC1=O. The van der Waals surface area contributed by atoms with Crippen molar-refractivity contribution >= 4 is 25.3 Å². The van der Waals surface area contributed by atoms with Crippen LogP contribution in [0.5, 0.6) is 0 Å². The first-order chi connectivity index (χ1) is 7.11. The van der Waals surface area contributed by atoms with Crippen molar-refractivity contribution in [1.82, 2.24) is 4.90 Å². The van der Waals surface area contributed by atoms with Crippen molar-refractivity contribution in [1.29, 1.82) is 0 Å². The van der Waals surface area contributed by atoms with Crippen LogP contribution in [0.3, 0.4) is 0 Å². The molecule has 1 aliphatic heterocycles. The Labute approximate surface area is 89.7 Å². The lowest BCUT2D eigenvalue weighted by atomic mass is 9.97. The van der Waals surface area contributed by atoms with E-state index < -0.39 is 0 Å². The molecule has 0 bridgehead atoms. The highest BCUT2D eigenvalue weighted by Gasteiger charge is 2.21. The van der Waals surface area contributed by atoms with E-state index in [9.17, 15) is 14.4 Å². The second kappa shape index (κ2) is 5.48. The molecule has 0 fully saturated rings. The first-order valence-corrected chi connectivity index (χ1v) is 4.93. The van der Waals surface area contributed by atoms with Crippen molar-refractivity contribution in [3.05, 3.63) is 12.2 Å². The van der Waals surface area contributed by atoms with E-state index in [1.807, 2.05) is 0 Å². The molecular weight excluding hydrogens is 193 g/mol. The minimum atomic E-state index is -0.315. The van der Waals surface area contributed by atoms with Crippen LogP contribution < -0.4 is 0 Å². The third kappa shape index (κ3) is 3.69. The maximum atomic E-state index is 11.1. The molecule has 4 nitrogen and oxygen atoms in total. The quantitative estimate of drug-likeness (QED) is 0.352. The monoisotopic (exact) mass is 205 g/mol. The van der Waals surface area contributed by atoms with Crippen molar-refractivity contribution in [2.75, 3.05) is 6.54 Å². The number of carbonyl (C=O) groups is 3. The molecule has 5 heteroatoms. The van der Waals surface area contributed by atoms with Gasteiger partial charge in [0.05, 0.1) is 5.68 Å². The highest BCUT2D eigenvalue weighted by molar-refractivity contribution is 6.57. The molecule has 78 valence electrons. The number of carbonyl (C=O) groups excluding carboxylic acids is 3. The number of nitrogens with zero attached hydrogens (tertiary/aromatic N) is 1. The van der Waals surface area contributed by atoms with Gasteiger partial charge in [-0.1, -0.05) is 6.42 Å². The molecule has 2 radical (unpaired) electrons. The Morgan fingerprint density at radius 2 is 1.73 bits per heavy atom. The van der Waals surface area contributed by atoms with E-state index in [0.29, 0.717) is 25.8 Å². The molecular formula is C10H12BNO3. The number of unbranched alkanes of at least 4 members (excludes halogenated alkanes) is 2. The standard InChI is InChI=1S/C10H12BNO3/c11-8(13)4-2-1-3-7-12-9(14)5-6-10(12)15/h5-6H,1-4,7H2. The smallest absolute Gasteiger partial charge is 0.253 e. The van der Waals surface area contributed by atoms with Crippen LogP contribution >= 0.6 is 0 Å². The Bertz CT molecular complexity index is 294. The Morgan fingerprint density at radius 3 is 2.27 bits per heavy atom. The lowest BCUT2D eigenvalue weighted by molar-refractivity contribution is -0.136. The van der Waals surface area contributed by atoms with Crippen molar-refractivity contribution in [2.45, 2.75) is 25.7 Å². The topological polar surface area (TPSA) is 54.5 Å². The molecule has 0 N–H and O–H groups in total.